The Kier molecular flexibility index (Phi) is 7.65. The van der Waals surface area contributed by atoms with Crippen molar-refractivity contribution in [2.75, 3.05) is 13.2 Å². The molecule has 1 fully saturated rings. The largest absolute Gasteiger partial charge is 0.493 e. The van der Waals surface area contributed by atoms with Crippen molar-refractivity contribution >= 4 is 12.0 Å². The summed E-state index contributed by atoms with van der Waals surface area (Å²) >= 11 is 0. The van der Waals surface area contributed by atoms with Crippen molar-refractivity contribution in [2.45, 2.75) is 37.7 Å². The molecule has 3 N–H and O–H groups in total. The van der Waals surface area contributed by atoms with E-state index in [1.165, 1.54) is 24.3 Å². The zero-order valence-electron chi connectivity index (χ0n) is 19.8. The summed E-state index contributed by atoms with van der Waals surface area (Å²) < 4.78 is 89.8. The third kappa shape index (κ3) is 6.26. The van der Waals surface area contributed by atoms with Gasteiger partial charge in [0.1, 0.15) is 11.8 Å². The molecule has 1 aromatic heterocycles. The van der Waals surface area contributed by atoms with E-state index in [9.17, 15) is 26.3 Å². The van der Waals surface area contributed by atoms with Crippen LogP contribution in [0, 0.1) is 5.41 Å². The van der Waals surface area contributed by atoms with Gasteiger partial charge in [-0.1, -0.05) is 29.4 Å². The molecule has 0 saturated carbocycles. The fraction of sp³-hybridized carbons (Fsp3) is 0.320. The van der Waals surface area contributed by atoms with Crippen molar-refractivity contribution in [2.24, 2.45) is 5.73 Å². The third-order valence-corrected chi connectivity index (χ3v) is 5.92. The van der Waals surface area contributed by atoms with E-state index < -0.39 is 29.5 Å². The predicted octanol–water partition coefficient (Wildman–Crippen LogP) is 6.29. The number of ether oxygens (including phenoxy) is 1. The molecule has 0 bridgehead atoms. The zero-order chi connectivity index (χ0) is 27.5. The van der Waals surface area contributed by atoms with E-state index in [0.29, 0.717) is 18.5 Å². The Balaban J connectivity index is 1.42. The van der Waals surface area contributed by atoms with Crippen LogP contribution >= 0.6 is 0 Å². The molecule has 1 aliphatic heterocycles. The van der Waals surface area contributed by atoms with Gasteiger partial charge in [0.2, 0.25) is 11.7 Å². The number of nitrogens with one attached hydrogen (secondary N) is 1. The van der Waals surface area contributed by atoms with Gasteiger partial charge in [0.05, 0.1) is 17.7 Å². The molecule has 202 valence electrons. The van der Waals surface area contributed by atoms with Crippen LogP contribution in [0.4, 0.5) is 26.3 Å². The van der Waals surface area contributed by atoms with Gasteiger partial charge in [0.25, 0.3) is 0 Å². The first-order valence-corrected chi connectivity index (χ1v) is 11.6. The summed E-state index contributed by atoms with van der Waals surface area (Å²) in [5.74, 6) is -0.401. The zero-order valence-corrected chi connectivity index (χ0v) is 19.8. The van der Waals surface area contributed by atoms with Gasteiger partial charge >= 0.3 is 12.4 Å². The van der Waals surface area contributed by atoms with Crippen LogP contribution in [0.2, 0.25) is 0 Å². The van der Waals surface area contributed by atoms with Gasteiger partial charge < -0.3 is 19.9 Å². The highest BCUT2D eigenvalue weighted by atomic mass is 19.4. The number of nitrogens with two attached hydrogens (primary N) is 1. The van der Waals surface area contributed by atoms with E-state index in [1.807, 2.05) is 0 Å². The monoisotopic (exact) mass is 539 g/mol. The minimum atomic E-state index is -4.72. The molecule has 1 atom stereocenters. The second-order valence-corrected chi connectivity index (χ2v) is 8.56. The van der Waals surface area contributed by atoms with Crippen molar-refractivity contribution in [1.82, 2.24) is 15.0 Å². The highest BCUT2D eigenvalue weighted by Crippen LogP contribution is 2.39. The van der Waals surface area contributed by atoms with Crippen molar-refractivity contribution < 1.29 is 35.6 Å². The van der Waals surface area contributed by atoms with E-state index in [-0.39, 0.29) is 42.0 Å². The van der Waals surface area contributed by atoms with Gasteiger partial charge in [-0.3, -0.25) is 5.41 Å². The number of alkyl halides is 6. The van der Waals surface area contributed by atoms with Crippen LogP contribution in [0.25, 0.3) is 17.5 Å². The van der Waals surface area contributed by atoms with Gasteiger partial charge in [0.15, 0.2) is 5.96 Å². The van der Waals surface area contributed by atoms with Crippen LogP contribution in [-0.2, 0) is 12.4 Å². The fourth-order valence-electron chi connectivity index (χ4n) is 4.06. The highest BCUT2D eigenvalue weighted by Gasteiger charge is 2.36. The number of nitrogens with zero attached hydrogens (tertiary/aromatic N) is 3. The van der Waals surface area contributed by atoms with Crippen LogP contribution in [0.15, 0.2) is 53.1 Å². The molecule has 2 heterocycles. The number of hydrogen-bond donors (Lipinski definition) is 2. The molecular weight excluding hydrogens is 516 g/mol. The number of guanidine groups is 1. The second-order valence-electron chi connectivity index (χ2n) is 8.56. The van der Waals surface area contributed by atoms with Crippen LogP contribution < -0.4 is 10.5 Å². The topological polar surface area (TPSA) is 101 Å². The predicted molar refractivity (Wildman–Crippen MR) is 126 cm³/mol. The molecule has 1 saturated heterocycles. The molecule has 0 spiro atoms. The lowest BCUT2D eigenvalue weighted by Gasteiger charge is -2.21. The number of benzene rings is 2. The lowest BCUT2D eigenvalue weighted by atomic mass is 10.1. The summed E-state index contributed by atoms with van der Waals surface area (Å²) in [7, 11) is 0. The van der Waals surface area contributed by atoms with E-state index in [1.54, 1.807) is 17.1 Å². The number of rotatable bonds is 7. The highest BCUT2D eigenvalue weighted by molar-refractivity contribution is 5.75. The SMILES string of the molecule is N=C(N)N1CCC[C@H]1c1nc(-c2ccc(OCCC=Cc3ccc(C(F)(F)F)cc3)c(C(F)(F)F)c2)no1. The van der Waals surface area contributed by atoms with Crippen molar-refractivity contribution in [3.8, 4) is 17.1 Å². The number of halogens is 6. The quantitative estimate of drug-likeness (QED) is 0.159. The molecule has 13 heteroatoms. The minimum absolute atomic E-state index is 0.0353. The van der Waals surface area contributed by atoms with Gasteiger partial charge in [-0.25, -0.2) is 0 Å². The van der Waals surface area contributed by atoms with Gasteiger partial charge in [-0.2, -0.15) is 31.3 Å². The maximum atomic E-state index is 13.8. The molecule has 0 amide bonds. The minimum Gasteiger partial charge on any atom is -0.493 e. The summed E-state index contributed by atoms with van der Waals surface area (Å²) in [4.78, 5) is 5.82. The maximum absolute atomic E-state index is 13.8. The third-order valence-electron chi connectivity index (χ3n) is 5.92. The van der Waals surface area contributed by atoms with Crippen molar-refractivity contribution in [1.29, 1.82) is 5.41 Å². The van der Waals surface area contributed by atoms with E-state index in [0.717, 1.165) is 24.6 Å². The average molecular weight is 539 g/mol. The number of likely N-dealkylation sites (tertiary alicyclic amines) is 1. The van der Waals surface area contributed by atoms with Gasteiger partial charge in [-0.15, -0.1) is 0 Å². The molecule has 3 aromatic rings. The molecule has 1 aliphatic rings. The molecule has 0 aliphatic carbocycles. The smallest absolute Gasteiger partial charge is 0.419 e. The first-order chi connectivity index (χ1) is 17.9. The standard InChI is InChI=1S/C25H23F6N5O2/c26-24(27,28)17-9-6-15(7-10-17)4-1-2-13-37-20-11-8-16(14-18(20)25(29,30)31)21-34-22(38-35-21)19-5-3-12-36(19)23(32)33/h1,4,6-11,14,19H,2-3,5,12-13H2,(H3,32,33)/t19-/m0/s1. The molecular formula is C25H23F6N5O2. The Morgan fingerprint density at radius 1 is 1.11 bits per heavy atom. The van der Waals surface area contributed by atoms with Gasteiger partial charge in [-0.05, 0) is 55.2 Å². The van der Waals surface area contributed by atoms with Crippen LogP contribution in [-0.4, -0.2) is 34.2 Å². The summed E-state index contributed by atoms with van der Waals surface area (Å²) in [5.41, 5.74) is 4.39. The molecule has 2 aromatic carbocycles. The average Bonchev–Trinajstić information content (AvgIpc) is 3.53. The van der Waals surface area contributed by atoms with Crippen LogP contribution in [0.3, 0.4) is 0 Å². The van der Waals surface area contributed by atoms with Crippen LogP contribution in [0.1, 0.15) is 47.9 Å². The lowest BCUT2D eigenvalue weighted by Crippen LogP contribution is -2.35. The Bertz CT molecular complexity index is 1300. The summed E-state index contributed by atoms with van der Waals surface area (Å²) in [6.07, 6.45) is -4.39. The maximum Gasteiger partial charge on any atom is 0.419 e. The normalized spacial score (nSPS) is 16.4. The molecule has 38 heavy (non-hydrogen) atoms. The van der Waals surface area contributed by atoms with Crippen molar-refractivity contribution in [3.05, 3.63) is 71.1 Å². The summed E-state index contributed by atoms with van der Waals surface area (Å²) in [6.45, 7) is 0.454. The van der Waals surface area contributed by atoms with Gasteiger partial charge in [0, 0.05) is 12.1 Å². The van der Waals surface area contributed by atoms with Crippen LogP contribution in [0.5, 0.6) is 5.75 Å². The molecule has 4 rings (SSSR count). The first kappa shape index (κ1) is 27.0. The van der Waals surface area contributed by atoms with E-state index in [4.69, 9.17) is 20.4 Å². The number of aromatic nitrogens is 2. The summed E-state index contributed by atoms with van der Waals surface area (Å²) in [6, 6.07) is 7.52. The van der Waals surface area contributed by atoms with Crippen molar-refractivity contribution in [3.63, 3.8) is 0 Å². The summed E-state index contributed by atoms with van der Waals surface area (Å²) in [5, 5.41) is 11.5. The van der Waals surface area contributed by atoms with E-state index in [2.05, 4.69) is 10.1 Å². The molecule has 0 unspecified atom stereocenters. The molecule has 7 nitrogen and oxygen atoms in total. The number of hydrogen-bond acceptors (Lipinski definition) is 5. The Morgan fingerprint density at radius 2 is 1.84 bits per heavy atom. The van der Waals surface area contributed by atoms with E-state index >= 15 is 0 Å². The lowest BCUT2D eigenvalue weighted by molar-refractivity contribution is -0.139. The second kappa shape index (κ2) is 10.8. The Hall–Kier alpha value is -4.03. The Labute approximate surface area is 213 Å². The first-order valence-electron chi connectivity index (χ1n) is 11.6. The molecule has 0 radical (unpaired) electrons. The fourth-order valence-corrected chi connectivity index (χ4v) is 4.06. The Morgan fingerprint density at radius 3 is 2.50 bits per heavy atom.